The van der Waals surface area contributed by atoms with Gasteiger partial charge in [0.25, 0.3) is 5.91 Å². The molecule has 0 saturated carbocycles. The summed E-state index contributed by atoms with van der Waals surface area (Å²) < 4.78 is 44.2. The molecule has 10 heteroatoms. The van der Waals surface area contributed by atoms with E-state index in [1.54, 1.807) is 0 Å². The molecule has 0 aliphatic carbocycles. The van der Waals surface area contributed by atoms with E-state index in [0.29, 0.717) is 0 Å². The van der Waals surface area contributed by atoms with Crippen molar-refractivity contribution in [1.82, 2.24) is 9.21 Å². The minimum absolute atomic E-state index is 0.0178. The quantitative estimate of drug-likeness (QED) is 0.853. The van der Waals surface area contributed by atoms with Gasteiger partial charge in [-0.15, -0.1) is 0 Å². The van der Waals surface area contributed by atoms with Crippen molar-refractivity contribution in [2.75, 3.05) is 26.2 Å². The van der Waals surface area contributed by atoms with Crippen LogP contribution in [0.1, 0.15) is 20.9 Å². The van der Waals surface area contributed by atoms with Crippen LogP contribution in [0.5, 0.6) is 0 Å². The Hall–Kier alpha value is -2.72. The van der Waals surface area contributed by atoms with Crippen molar-refractivity contribution >= 4 is 21.9 Å². The summed E-state index contributed by atoms with van der Waals surface area (Å²) in [4.78, 5) is 24.5. The largest absolute Gasteiger partial charge is 0.478 e. The van der Waals surface area contributed by atoms with Crippen LogP contribution in [0, 0.1) is 5.82 Å². The average Bonchev–Trinajstić information content (AvgIpc) is 3.12. The first kappa shape index (κ1) is 18.1. The molecule has 1 N–H and O–H groups in total. The van der Waals surface area contributed by atoms with Crippen molar-refractivity contribution in [2.24, 2.45) is 0 Å². The van der Waals surface area contributed by atoms with E-state index in [9.17, 15) is 22.4 Å². The van der Waals surface area contributed by atoms with Crippen LogP contribution in [-0.4, -0.2) is 60.8 Å². The molecule has 1 amide bonds. The minimum Gasteiger partial charge on any atom is -0.478 e. The first-order valence-corrected chi connectivity index (χ1v) is 9.10. The van der Waals surface area contributed by atoms with Crippen molar-refractivity contribution in [3.05, 3.63) is 53.7 Å². The Morgan fingerprint density at radius 2 is 1.69 bits per heavy atom. The lowest BCUT2D eigenvalue weighted by atomic mass is 10.2. The zero-order chi connectivity index (χ0) is 18.9. The second kappa shape index (κ2) is 6.89. The smallest absolute Gasteiger partial charge is 0.338 e. The predicted octanol–water partition coefficient (Wildman–Crippen LogP) is 1.26. The highest BCUT2D eigenvalue weighted by Crippen LogP contribution is 2.19. The molecule has 3 rings (SSSR count). The van der Waals surface area contributed by atoms with Crippen molar-refractivity contribution in [3.8, 4) is 0 Å². The van der Waals surface area contributed by atoms with E-state index in [-0.39, 0.29) is 42.4 Å². The van der Waals surface area contributed by atoms with E-state index in [1.165, 1.54) is 21.3 Å². The fourth-order valence-corrected chi connectivity index (χ4v) is 4.03. The lowest BCUT2D eigenvalue weighted by Gasteiger charge is -2.33. The van der Waals surface area contributed by atoms with Crippen LogP contribution < -0.4 is 0 Å². The molecule has 0 radical (unpaired) electrons. The number of halogens is 1. The van der Waals surface area contributed by atoms with Crippen molar-refractivity contribution < 1.29 is 31.9 Å². The SMILES string of the molecule is O=C(O)c1coc(C(=O)N2CCN(S(=O)(=O)c3ccc(F)cc3)CC2)c1. The number of benzene rings is 1. The summed E-state index contributed by atoms with van der Waals surface area (Å²) >= 11 is 0. The topological polar surface area (TPSA) is 108 Å². The minimum atomic E-state index is -3.77. The number of rotatable bonds is 4. The molecule has 2 heterocycles. The predicted molar refractivity (Wildman–Crippen MR) is 86.7 cm³/mol. The molecule has 1 aromatic heterocycles. The number of aromatic carboxylic acids is 1. The van der Waals surface area contributed by atoms with E-state index >= 15 is 0 Å². The number of sulfonamides is 1. The number of piperazine rings is 1. The van der Waals surface area contributed by atoms with Crippen molar-refractivity contribution in [1.29, 1.82) is 0 Å². The van der Waals surface area contributed by atoms with Gasteiger partial charge < -0.3 is 14.4 Å². The maximum atomic E-state index is 13.0. The fraction of sp³-hybridized carbons (Fsp3) is 0.250. The van der Waals surface area contributed by atoms with Crippen molar-refractivity contribution in [3.63, 3.8) is 0 Å². The molecule has 0 unspecified atom stereocenters. The number of hydrogen-bond acceptors (Lipinski definition) is 5. The van der Waals surface area contributed by atoms with Gasteiger partial charge in [0.15, 0.2) is 5.76 Å². The molecule has 138 valence electrons. The molecule has 1 aromatic carbocycles. The van der Waals surface area contributed by atoms with Crippen LogP contribution in [0.2, 0.25) is 0 Å². The third-order valence-electron chi connectivity index (χ3n) is 4.03. The number of carboxylic acids is 1. The third kappa shape index (κ3) is 3.46. The standard InChI is InChI=1S/C16H15FN2O6S/c17-12-1-3-13(4-2-12)26(23,24)19-7-5-18(6-8-19)15(20)14-9-11(10-25-14)16(21)22/h1-4,9-10H,5-8H2,(H,21,22). The summed E-state index contributed by atoms with van der Waals surface area (Å²) in [6.45, 7) is 0.390. The molecule has 8 nitrogen and oxygen atoms in total. The van der Waals surface area contributed by atoms with Gasteiger partial charge in [-0.1, -0.05) is 0 Å². The molecule has 2 aromatic rings. The summed E-state index contributed by atoms with van der Waals surface area (Å²) in [6, 6.07) is 5.66. The van der Waals surface area contributed by atoms with E-state index in [4.69, 9.17) is 9.52 Å². The van der Waals surface area contributed by atoms with E-state index in [1.807, 2.05) is 0 Å². The first-order chi connectivity index (χ1) is 12.3. The van der Waals surface area contributed by atoms with E-state index in [0.717, 1.165) is 24.5 Å². The summed E-state index contributed by atoms with van der Waals surface area (Å²) in [6.07, 6.45) is 0.977. The Morgan fingerprint density at radius 1 is 1.08 bits per heavy atom. The van der Waals surface area contributed by atoms with E-state index in [2.05, 4.69) is 0 Å². The molecular formula is C16H15FN2O6S. The molecule has 1 aliphatic heterocycles. The van der Waals surface area contributed by atoms with Crippen LogP contribution in [0.3, 0.4) is 0 Å². The second-order valence-corrected chi connectivity index (χ2v) is 7.59. The number of carboxylic acid groups (broad SMARTS) is 1. The Kier molecular flexibility index (Phi) is 4.79. The van der Waals surface area contributed by atoms with E-state index < -0.39 is 27.7 Å². The summed E-state index contributed by atoms with van der Waals surface area (Å²) in [5.74, 6) is -2.35. The van der Waals surface area contributed by atoms with Gasteiger partial charge in [0, 0.05) is 32.2 Å². The molecule has 1 saturated heterocycles. The molecule has 1 aliphatic rings. The van der Waals surface area contributed by atoms with Crippen LogP contribution in [-0.2, 0) is 10.0 Å². The third-order valence-corrected chi connectivity index (χ3v) is 5.95. The number of amides is 1. The maximum Gasteiger partial charge on any atom is 0.338 e. The zero-order valence-corrected chi connectivity index (χ0v) is 14.3. The molecule has 0 atom stereocenters. The highest BCUT2D eigenvalue weighted by molar-refractivity contribution is 7.89. The van der Waals surface area contributed by atoms with Crippen molar-refractivity contribution in [2.45, 2.75) is 4.90 Å². The summed E-state index contributed by atoms with van der Waals surface area (Å²) in [5, 5.41) is 8.86. The van der Waals surface area contributed by atoms with Crippen LogP contribution in [0.4, 0.5) is 4.39 Å². The van der Waals surface area contributed by atoms with Crippen LogP contribution in [0.25, 0.3) is 0 Å². The highest BCUT2D eigenvalue weighted by Gasteiger charge is 2.31. The van der Waals surface area contributed by atoms with Gasteiger partial charge in [-0.05, 0) is 24.3 Å². The Balaban J connectivity index is 1.67. The Bertz CT molecular complexity index is 930. The number of furan rings is 1. The Labute approximate surface area is 148 Å². The number of carbonyl (C=O) groups is 2. The van der Waals surface area contributed by atoms with Gasteiger partial charge in [0.2, 0.25) is 10.0 Å². The summed E-state index contributed by atoms with van der Waals surface area (Å²) in [5.41, 5.74) is -0.133. The maximum absolute atomic E-state index is 13.0. The normalized spacial score (nSPS) is 15.8. The van der Waals surface area contributed by atoms with Gasteiger partial charge in [-0.2, -0.15) is 4.31 Å². The molecule has 1 fully saturated rings. The molecule has 26 heavy (non-hydrogen) atoms. The molecular weight excluding hydrogens is 367 g/mol. The summed E-state index contributed by atoms with van der Waals surface area (Å²) in [7, 11) is -3.77. The fourth-order valence-electron chi connectivity index (χ4n) is 2.60. The van der Waals surface area contributed by atoms with Gasteiger partial charge in [0.05, 0.1) is 10.5 Å². The van der Waals surface area contributed by atoms with Gasteiger partial charge in [-0.25, -0.2) is 17.6 Å². The number of nitrogens with zero attached hydrogens (tertiary/aromatic N) is 2. The van der Waals surface area contributed by atoms with Crippen LogP contribution >= 0.6 is 0 Å². The lowest BCUT2D eigenvalue weighted by Crippen LogP contribution is -2.50. The van der Waals surface area contributed by atoms with Crippen LogP contribution in [0.15, 0.2) is 45.9 Å². The second-order valence-electron chi connectivity index (χ2n) is 5.65. The number of carbonyl (C=O) groups excluding carboxylic acids is 1. The van der Waals surface area contributed by atoms with Gasteiger partial charge in [-0.3, -0.25) is 4.79 Å². The molecule has 0 bridgehead atoms. The Morgan fingerprint density at radius 3 is 2.23 bits per heavy atom. The average molecular weight is 382 g/mol. The lowest BCUT2D eigenvalue weighted by molar-refractivity contribution is 0.0664. The van der Waals surface area contributed by atoms with Gasteiger partial charge >= 0.3 is 5.97 Å². The highest BCUT2D eigenvalue weighted by atomic mass is 32.2. The van der Waals surface area contributed by atoms with Gasteiger partial charge in [0.1, 0.15) is 12.1 Å². The number of hydrogen-bond donors (Lipinski definition) is 1. The monoisotopic (exact) mass is 382 g/mol. The molecule has 0 spiro atoms. The zero-order valence-electron chi connectivity index (χ0n) is 13.5. The first-order valence-electron chi connectivity index (χ1n) is 7.66.